The molecule has 0 N–H and O–H groups in total. The van der Waals surface area contributed by atoms with Crippen molar-refractivity contribution >= 4 is 22.5 Å². The number of rotatable bonds is 7. The van der Waals surface area contributed by atoms with Crippen LogP contribution in [-0.2, 0) is 12.2 Å². The number of methoxy groups -OCH3 is 2. The molecule has 0 bridgehead atoms. The van der Waals surface area contributed by atoms with Gasteiger partial charge in [0.25, 0.3) is 5.22 Å². The lowest BCUT2D eigenvalue weighted by atomic mass is 10.1. The molecule has 4 aromatic rings. The van der Waals surface area contributed by atoms with Gasteiger partial charge in [0, 0.05) is 5.75 Å². The predicted octanol–water partition coefficient (Wildman–Crippen LogP) is 5.12. The highest BCUT2D eigenvalue weighted by atomic mass is 32.2. The van der Waals surface area contributed by atoms with Gasteiger partial charge in [0.15, 0.2) is 11.5 Å². The van der Waals surface area contributed by atoms with Crippen molar-refractivity contribution in [3.63, 3.8) is 0 Å². The molecule has 6 heteroatoms. The van der Waals surface area contributed by atoms with Gasteiger partial charge in [0.05, 0.1) is 20.6 Å². The summed E-state index contributed by atoms with van der Waals surface area (Å²) < 4.78 is 16.4. The third-order valence-corrected chi connectivity index (χ3v) is 5.35. The highest BCUT2D eigenvalue weighted by molar-refractivity contribution is 7.98. The van der Waals surface area contributed by atoms with Gasteiger partial charge in [-0.2, -0.15) is 0 Å². The molecule has 0 radical (unpaired) electrons. The summed E-state index contributed by atoms with van der Waals surface area (Å²) in [7, 11) is 3.24. The predicted molar refractivity (Wildman–Crippen MR) is 110 cm³/mol. The quantitative estimate of drug-likeness (QED) is 0.407. The molecule has 1 heterocycles. The van der Waals surface area contributed by atoms with Crippen LogP contribution < -0.4 is 9.47 Å². The summed E-state index contributed by atoms with van der Waals surface area (Å²) in [5, 5.41) is 11.4. The van der Waals surface area contributed by atoms with E-state index in [0.717, 1.165) is 11.3 Å². The summed E-state index contributed by atoms with van der Waals surface area (Å²) in [5.74, 6) is 2.74. The second kappa shape index (κ2) is 8.35. The molecule has 28 heavy (non-hydrogen) atoms. The average molecular weight is 392 g/mol. The zero-order valence-corrected chi connectivity index (χ0v) is 16.5. The maximum absolute atomic E-state index is 5.82. The first-order valence-corrected chi connectivity index (χ1v) is 9.88. The largest absolute Gasteiger partial charge is 0.493 e. The van der Waals surface area contributed by atoms with Crippen LogP contribution in [-0.4, -0.2) is 24.4 Å². The molecule has 0 aliphatic carbocycles. The molecule has 0 unspecified atom stereocenters. The Morgan fingerprint density at radius 2 is 1.71 bits per heavy atom. The van der Waals surface area contributed by atoms with E-state index in [9.17, 15) is 0 Å². The first kappa shape index (κ1) is 18.4. The molecule has 0 aliphatic rings. The summed E-state index contributed by atoms with van der Waals surface area (Å²) >= 11 is 1.55. The number of aromatic nitrogens is 2. The van der Waals surface area contributed by atoms with Crippen LogP contribution in [0.5, 0.6) is 11.5 Å². The molecular formula is C22H20N2O3S. The third-order valence-electron chi connectivity index (χ3n) is 4.48. The van der Waals surface area contributed by atoms with E-state index >= 15 is 0 Å². The van der Waals surface area contributed by atoms with Crippen molar-refractivity contribution in [1.29, 1.82) is 0 Å². The summed E-state index contributed by atoms with van der Waals surface area (Å²) in [6.45, 7) is 0. The number of fused-ring (bicyclic) bond motifs is 1. The van der Waals surface area contributed by atoms with Crippen molar-refractivity contribution in [3.8, 4) is 11.5 Å². The van der Waals surface area contributed by atoms with Gasteiger partial charge in [-0.25, -0.2) is 0 Å². The molecule has 0 fully saturated rings. The van der Waals surface area contributed by atoms with Crippen LogP contribution in [0.15, 0.2) is 70.3 Å². The van der Waals surface area contributed by atoms with Crippen LogP contribution in [0, 0.1) is 0 Å². The molecule has 0 amide bonds. The standard InChI is InChI=1S/C22H20N2O3S/c1-25-19-11-10-15(12-20(19)26-2)13-21-23-24-22(27-21)28-14-17-8-5-7-16-6-3-4-9-18(16)17/h3-12H,13-14H2,1-2H3. The molecule has 0 spiro atoms. The Hall–Kier alpha value is -2.99. The van der Waals surface area contributed by atoms with E-state index in [0.29, 0.717) is 29.0 Å². The SMILES string of the molecule is COc1ccc(Cc2nnc(SCc3cccc4ccccc34)o2)cc1OC. The van der Waals surface area contributed by atoms with Crippen LogP contribution in [0.3, 0.4) is 0 Å². The Bertz CT molecular complexity index is 1090. The van der Waals surface area contributed by atoms with Gasteiger partial charge in [-0.05, 0) is 34.0 Å². The van der Waals surface area contributed by atoms with E-state index in [-0.39, 0.29) is 0 Å². The highest BCUT2D eigenvalue weighted by Crippen LogP contribution is 2.30. The van der Waals surface area contributed by atoms with Gasteiger partial charge in [-0.15, -0.1) is 10.2 Å². The van der Waals surface area contributed by atoms with E-state index in [1.807, 2.05) is 18.2 Å². The number of nitrogens with zero attached hydrogens (tertiary/aromatic N) is 2. The van der Waals surface area contributed by atoms with E-state index < -0.39 is 0 Å². The Labute approximate surface area is 167 Å². The highest BCUT2D eigenvalue weighted by Gasteiger charge is 2.11. The van der Waals surface area contributed by atoms with Crippen molar-refractivity contribution in [2.24, 2.45) is 0 Å². The van der Waals surface area contributed by atoms with Gasteiger partial charge < -0.3 is 13.9 Å². The Morgan fingerprint density at radius 3 is 2.57 bits per heavy atom. The maximum atomic E-state index is 5.82. The first-order valence-electron chi connectivity index (χ1n) is 8.89. The number of ether oxygens (including phenoxy) is 2. The lowest BCUT2D eigenvalue weighted by Crippen LogP contribution is -1.94. The minimum atomic E-state index is 0.544. The lowest BCUT2D eigenvalue weighted by Gasteiger charge is -2.08. The number of hydrogen-bond donors (Lipinski definition) is 0. The summed E-state index contributed by atoms with van der Waals surface area (Å²) in [5.41, 5.74) is 2.27. The van der Waals surface area contributed by atoms with Crippen molar-refractivity contribution in [2.75, 3.05) is 14.2 Å². The first-order chi connectivity index (χ1) is 13.8. The molecule has 0 saturated heterocycles. The van der Waals surface area contributed by atoms with Crippen LogP contribution in [0.2, 0.25) is 0 Å². The van der Waals surface area contributed by atoms with Crippen molar-refractivity contribution < 1.29 is 13.9 Å². The third kappa shape index (κ3) is 3.97. The molecule has 1 aromatic heterocycles. The lowest BCUT2D eigenvalue weighted by molar-refractivity contribution is 0.354. The van der Waals surface area contributed by atoms with Crippen molar-refractivity contribution in [3.05, 3.63) is 77.7 Å². The molecule has 4 rings (SSSR count). The molecule has 0 aliphatic heterocycles. The molecule has 0 saturated carbocycles. The summed E-state index contributed by atoms with van der Waals surface area (Å²) in [6, 6.07) is 20.5. The average Bonchev–Trinajstić information content (AvgIpc) is 3.19. The monoisotopic (exact) mass is 392 g/mol. The number of benzene rings is 3. The number of hydrogen-bond acceptors (Lipinski definition) is 6. The van der Waals surface area contributed by atoms with E-state index in [1.54, 1.807) is 26.0 Å². The smallest absolute Gasteiger partial charge is 0.276 e. The molecular weight excluding hydrogens is 372 g/mol. The zero-order chi connectivity index (χ0) is 19.3. The second-order valence-electron chi connectivity index (χ2n) is 6.25. The number of thioether (sulfide) groups is 1. The van der Waals surface area contributed by atoms with E-state index in [2.05, 4.69) is 52.7 Å². The molecule has 142 valence electrons. The van der Waals surface area contributed by atoms with Crippen LogP contribution in [0.1, 0.15) is 17.0 Å². The van der Waals surface area contributed by atoms with Crippen LogP contribution in [0.4, 0.5) is 0 Å². The normalized spacial score (nSPS) is 10.9. The topological polar surface area (TPSA) is 57.4 Å². The van der Waals surface area contributed by atoms with Gasteiger partial charge >= 0.3 is 0 Å². The molecule has 3 aromatic carbocycles. The Morgan fingerprint density at radius 1 is 0.893 bits per heavy atom. The Kier molecular flexibility index (Phi) is 5.48. The molecule has 0 atom stereocenters. The van der Waals surface area contributed by atoms with Gasteiger partial charge in [0.2, 0.25) is 5.89 Å². The Balaban J connectivity index is 1.45. The zero-order valence-electron chi connectivity index (χ0n) is 15.7. The van der Waals surface area contributed by atoms with E-state index in [4.69, 9.17) is 13.9 Å². The minimum Gasteiger partial charge on any atom is -0.493 e. The van der Waals surface area contributed by atoms with Gasteiger partial charge in [0.1, 0.15) is 0 Å². The van der Waals surface area contributed by atoms with Gasteiger partial charge in [-0.3, -0.25) is 0 Å². The van der Waals surface area contributed by atoms with Crippen LogP contribution in [0.25, 0.3) is 10.8 Å². The van der Waals surface area contributed by atoms with Crippen molar-refractivity contribution in [2.45, 2.75) is 17.4 Å². The fraction of sp³-hybridized carbons (Fsp3) is 0.182. The summed E-state index contributed by atoms with van der Waals surface area (Å²) in [4.78, 5) is 0. The van der Waals surface area contributed by atoms with E-state index in [1.165, 1.54) is 16.3 Å². The minimum absolute atomic E-state index is 0.544. The molecule has 5 nitrogen and oxygen atoms in total. The second-order valence-corrected chi connectivity index (χ2v) is 7.18. The fourth-order valence-electron chi connectivity index (χ4n) is 3.09. The van der Waals surface area contributed by atoms with Crippen LogP contribution >= 0.6 is 11.8 Å². The fourth-order valence-corrected chi connectivity index (χ4v) is 3.88. The van der Waals surface area contributed by atoms with Gasteiger partial charge in [-0.1, -0.05) is 60.3 Å². The maximum Gasteiger partial charge on any atom is 0.276 e. The summed E-state index contributed by atoms with van der Waals surface area (Å²) in [6.07, 6.45) is 0.544. The van der Waals surface area contributed by atoms with Crippen molar-refractivity contribution in [1.82, 2.24) is 10.2 Å².